The molecule has 0 spiro atoms. The van der Waals surface area contributed by atoms with E-state index in [9.17, 15) is 4.79 Å². The van der Waals surface area contributed by atoms with Gasteiger partial charge in [-0.2, -0.15) is 11.8 Å². The molecule has 144 valence electrons. The van der Waals surface area contributed by atoms with Gasteiger partial charge in [-0.05, 0) is 87.0 Å². The van der Waals surface area contributed by atoms with Crippen LogP contribution in [0.3, 0.4) is 0 Å². The first-order chi connectivity index (χ1) is 12.5. The summed E-state index contributed by atoms with van der Waals surface area (Å²) in [4.78, 5) is 17.3. The summed E-state index contributed by atoms with van der Waals surface area (Å²) in [5.74, 6) is 3.71. The smallest absolute Gasteiger partial charge is 0.270 e. The summed E-state index contributed by atoms with van der Waals surface area (Å²) in [5, 5.41) is 6.06. The molecule has 0 aliphatic heterocycles. The van der Waals surface area contributed by atoms with Crippen LogP contribution in [0.15, 0.2) is 5.38 Å². The number of thioether (sulfide) groups is 1. The summed E-state index contributed by atoms with van der Waals surface area (Å²) in [6.45, 7) is 2.22. The summed E-state index contributed by atoms with van der Waals surface area (Å²) >= 11 is 3.31. The number of carbonyl (C=O) groups excluding carboxylic acids is 1. The van der Waals surface area contributed by atoms with Crippen molar-refractivity contribution in [3.63, 3.8) is 0 Å². The molecule has 4 bridgehead atoms. The van der Waals surface area contributed by atoms with E-state index >= 15 is 0 Å². The lowest BCUT2D eigenvalue weighted by Gasteiger charge is -2.59. The minimum absolute atomic E-state index is 0.0205. The van der Waals surface area contributed by atoms with Crippen molar-refractivity contribution in [1.29, 1.82) is 0 Å². The first kappa shape index (κ1) is 18.8. The number of amides is 1. The molecular formula is C20H31N3OS2. The number of nitrogens with two attached hydrogens (primary N) is 1. The van der Waals surface area contributed by atoms with Gasteiger partial charge in [0.25, 0.3) is 5.91 Å². The van der Waals surface area contributed by atoms with Gasteiger partial charge in [-0.25, -0.2) is 4.98 Å². The van der Waals surface area contributed by atoms with Crippen LogP contribution in [0.4, 0.5) is 0 Å². The Morgan fingerprint density at radius 1 is 1.35 bits per heavy atom. The lowest BCUT2D eigenvalue weighted by Crippen LogP contribution is -2.55. The summed E-state index contributed by atoms with van der Waals surface area (Å²) in [7, 11) is 0. The number of nitrogens with zero attached hydrogens (tertiary/aromatic N) is 1. The maximum absolute atomic E-state index is 12.8. The fourth-order valence-corrected chi connectivity index (χ4v) is 7.39. The van der Waals surface area contributed by atoms with Crippen molar-refractivity contribution in [1.82, 2.24) is 10.3 Å². The van der Waals surface area contributed by atoms with Crippen molar-refractivity contribution in [2.24, 2.45) is 28.9 Å². The molecule has 3 N–H and O–H groups in total. The molecule has 2 unspecified atom stereocenters. The Hall–Kier alpha value is -0.590. The SMILES string of the molecule is CSCCC(N)c1nc(C(=O)NC(C)C23CC4CC(CC(C4)C2)C3)cs1. The van der Waals surface area contributed by atoms with E-state index in [4.69, 9.17) is 5.73 Å². The first-order valence-corrected chi connectivity index (χ1v) is 12.3. The van der Waals surface area contributed by atoms with Gasteiger partial charge in [-0.3, -0.25) is 4.79 Å². The number of rotatable bonds is 7. The van der Waals surface area contributed by atoms with E-state index < -0.39 is 0 Å². The molecule has 4 saturated carbocycles. The highest BCUT2D eigenvalue weighted by Gasteiger charge is 2.53. The van der Waals surface area contributed by atoms with Gasteiger partial charge in [0.1, 0.15) is 10.7 Å². The highest BCUT2D eigenvalue weighted by Crippen LogP contribution is 2.61. The second-order valence-corrected chi connectivity index (χ2v) is 10.8. The van der Waals surface area contributed by atoms with Gasteiger partial charge in [0, 0.05) is 11.4 Å². The van der Waals surface area contributed by atoms with E-state index in [1.165, 1.54) is 49.9 Å². The molecule has 1 amide bonds. The molecule has 26 heavy (non-hydrogen) atoms. The van der Waals surface area contributed by atoms with Gasteiger partial charge in [0.2, 0.25) is 0 Å². The second-order valence-electron chi connectivity index (χ2n) is 8.93. The fraction of sp³-hybridized carbons (Fsp3) is 0.800. The molecule has 4 aliphatic rings. The zero-order valence-corrected chi connectivity index (χ0v) is 17.5. The average molecular weight is 394 g/mol. The Morgan fingerprint density at radius 2 is 1.96 bits per heavy atom. The molecule has 0 radical (unpaired) electrons. The normalized spacial score (nSPS) is 34.7. The van der Waals surface area contributed by atoms with Crippen LogP contribution in [-0.4, -0.2) is 28.9 Å². The Balaban J connectivity index is 1.40. The zero-order valence-electron chi connectivity index (χ0n) is 15.9. The van der Waals surface area contributed by atoms with Crippen LogP contribution >= 0.6 is 23.1 Å². The summed E-state index contributed by atoms with van der Waals surface area (Å²) in [5.41, 5.74) is 7.08. The van der Waals surface area contributed by atoms with Crippen molar-refractivity contribution in [2.45, 2.75) is 64.0 Å². The summed E-state index contributed by atoms with van der Waals surface area (Å²) in [6, 6.07) is 0.174. The first-order valence-electron chi connectivity index (χ1n) is 10.00. The Bertz CT molecular complexity index is 624. The predicted octanol–water partition coefficient (Wildman–Crippen LogP) is 4.23. The lowest BCUT2D eigenvalue weighted by atomic mass is 9.48. The average Bonchev–Trinajstić information content (AvgIpc) is 3.08. The third-order valence-electron chi connectivity index (χ3n) is 7.06. The van der Waals surface area contributed by atoms with Crippen LogP contribution in [0.25, 0.3) is 0 Å². The quantitative estimate of drug-likeness (QED) is 0.727. The highest BCUT2D eigenvalue weighted by atomic mass is 32.2. The molecule has 4 nitrogen and oxygen atoms in total. The van der Waals surface area contributed by atoms with Crippen LogP contribution < -0.4 is 11.1 Å². The van der Waals surface area contributed by atoms with E-state index in [0.29, 0.717) is 11.1 Å². The molecule has 6 heteroatoms. The van der Waals surface area contributed by atoms with E-state index in [0.717, 1.165) is 34.9 Å². The minimum atomic E-state index is -0.0606. The van der Waals surface area contributed by atoms with Gasteiger partial charge < -0.3 is 11.1 Å². The summed E-state index contributed by atoms with van der Waals surface area (Å²) in [6.07, 6.45) is 11.2. The van der Waals surface area contributed by atoms with E-state index in [2.05, 4.69) is 23.5 Å². The van der Waals surface area contributed by atoms with Crippen LogP contribution in [0, 0.1) is 23.2 Å². The molecule has 1 aromatic heterocycles. The highest BCUT2D eigenvalue weighted by molar-refractivity contribution is 7.98. The van der Waals surface area contributed by atoms with Gasteiger partial charge in [0.05, 0.1) is 6.04 Å². The molecule has 4 aliphatic carbocycles. The third kappa shape index (κ3) is 3.57. The minimum Gasteiger partial charge on any atom is -0.348 e. The Kier molecular flexibility index (Phi) is 5.37. The lowest BCUT2D eigenvalue weighted by molar-refractivity contribution is -0.0688. The molecule has 0 saturated heterocycles. The fourth-order valence-electron chi connectivity index (χ4n) is 6.06. The van der Waals surface area contributed by atoms with Crippen LogP contribution in [0.1, 0.15) is 73.4 Å². The van der Waals surface area contributed by atoms with Crippen molar-refractivity contribution >= 4 is 29.0 Å². The number of aromatic nitrogens is 1. The second kappa shape index (κ2) is 7.44. The Labute approximate surface area is 165 Å². The van der Waals surface area contributed by atoms with E-state index in [1.54, 1.807) is 11.8 Å². The van der Waals surface area contributed by atoms with Gasteiger partial charge in [-0.15, -0.1) is 11.3 Å². The molecule has 2 atom stereocenters. The van der Waals surface area contributed by atoms with Crippen LogP contribution in [0.2, 0.25) is 0 Å². The van der Waals surface area contributed by atoms with Gasteiger partial charge in [0.15, 0.2) is 0 Å². The zero-order chi connectivity index (χ0) is 18.3. The van der Waals surface area contributed by atoms with Crippen molar-refractivity contribution in [2.75, 3.05) is 12.0 Å². The van der Waals surface area contributed by atoms with Crippen molar-refractivity contribution in [3.05, 3.63) is 16.1 Å². The number of hydrogen-bond donors (Lipinski definition) is 2. The third-order valence-corrected chi connectivity index (χ3v) is 8.68. The molecule has 0 aromatic carbocycles. The molecule has 1 aromatic rings. The van der Waals surface area contributed by atoms with E-state index in [-0.39, 0.29) is 18.0 Å². The summed E-state index contributed by atoms with van der Waals surface area (Å²) < 4.78 is 0. The monoisotopic (exact) mass is 393 g/mol. The standard InChI is InChI=1S/C20H31N3OS2/c1-12(20-8-13-5-14(9-20)7-15(6-13)10-20)22-18(24)17-11-26-19(23-17)16(21)3-4-25-2/h11-16H,3-10,21H2,1-2H3,(H,22,24). The van der Waals surface area contributed by atoms with Gasteiger partial charge in [-0.1, -0.05) is 0 Å². The topological polar surface area (TPSA) is 68.0 Å². The predicted molar refractivity (Wildman–Crippen MR) is 110 cm³/mol. The maximum atomic E-state index is 12.8. The van der Waals surface area contributed by atoms with Crippen LogP contribution in [-0.2, 0) is 0 Å². The number of hydrogen-bond acceptors (Lipinski definition) is 5. The number of nitrogens with one attached hydrogen (secondary N) is 1. The van der Waals surface area contributed by atoms with E-state index in [1.807, 2.05) is 5.38 Å². The largest absolute Gasteiger partial charge is 0.348 e. The number of thiazole rings is 1. The maximum Gasteiger partial charge on any atom is 0.270 e. The van der Waals surface area contributed by atoms with Crippen LogP contribution in [0.5, 0.6) is 0 Å². The van der Waals surface area contributed by atoms with Crippen molar-refractivity contribution in [3.8, 4) is 0 Å². The molecule has 4 fully saturated rings. The Morgan fingerprint density at radius 3 is 2.54 bits per heavy atom. The van der Waals surface area contributed by atoms with Crippen molar-refractivity contribution < 1.29 is 4.79 Å². The molecule has 1 heterocycles. The molecule has 5 rings (SSSR count). The number of carbonyl (C=O) groups is 1. The molecular weight excluding hydrogens is 362 g/mol. The van der Waals surface area contributed by atoms with Gasteiger partial charge >= 0.3 is 0 Å².